The minimum Gasteiger partial charge on any atom is -0.400 e. The summed E-state index contributed by atoms with van der Waals surface area (Å²) in [5.41, 5.74) is 2.30. The zero-order valence-electron chi connectivity index (χ0n) is 25.4. The van der Waals surface area contributed by atoms with Gasteiger partial charge in [-0.15, -0.1) is 0 Å². The van der Waals surface area contributed by atoms with Crippen LogP contribution in [0.3, 0.4) is 0 Å². The third-order valence-corrected chi connectivity index (χ3v) is 7.46. The van der Waals surface area contributed by atoms with Crippen molar-refractivity contribution >= 4 is 42.2 Å². The highest BCUT2D eigenvalue weighted by molar-refractivity contribution is 7.78. The van der Waals surface area contributed by atoms with Crippen LogP contribution in [0.5, 0.6) is 0 Å². The lowest BCUT2D eigenvalue weighted by atomic mass is 9.77. The molecule has 0 spiro atoms. The quantitative estimate of drug-likeness (QED) is 0.138. The first-order chi connectivity index (χ1) is 21.4. The van der Waals surface area contributed by atoms with E-state index in [1.165, 1.54) is 6.07 Å². The maximum absolute atomic E-state index is 14.8. The molecule has 1 amide bonds. The molecule has 1 fully saturated rings. The van der Waals surface area contributed by atoms with Gasteiger partial charge < -0.3 is 19.8 Å². The van der Waals surface area contributed by atoms with Crippen molar-refractivity contribution in [2.24, 2.45) is 13.0 Å². The lowest BCUT2D eigenvalue weighted by Crippen LogP contribution is -2.28. The van der Waals surface area contributed by atoms with E-state index >= 15 is 0 Å². The van der Waals surface area contributed by atoms with Crippen molar-refractivity contribution in [2.75, 3.05) is 19.5 Å². The van der Waals surface area contributed by atoms with Gasteiger partial charge in [-0.3, -0.25) is 9.52 Å². The van der Waals surface area contributed by atoms with Gasteiger partial charge in [-0.05, 0) is 86.2 Å². The average molecular weight is 653 g/mol. The molecule has 45 heavy (non-hydrogen) atoms. The minimum atomic E-state index is -4.66. The number of aromatic nitrogens is 2. The Balaban J connectivity index is 0.000000934. The van der Waals surface area contributed by atoms with Crippen molar-refractivity contribution < 1.29 is 36.6 Å². The lowest BCUT2D eigenvalue weighted by molar-refractivity contribution is -0.137. The number of carbonyl (C=O) groups excluding carboxylic acids is 2. The van der Waals surface area contributed by atoms with Crippen LogP contribution in [0.25, 0.3) is 22.2 Å². The number of thiol groups is 1. The number of hydrogen-bond donors (Lipinski definition) is 4. The fraction of sp³-hybridized carbons (Fsp3) is 0.344. The van der Waals surface area contributed by atoms with Gasteiger partial charge in [0, 0.05) is 20.1 Å². The molecule has 13 heteroatoms. The average Bonchev–Trinajstić information content (AvgIpc) is 3.33. The summed E-state index contributed by atoms with van der Waals surface area (Å²) in [5.74, 6) is -1.42. The van der Waals surface area contributed by atoms with E-state index < -0.39 is 23.5 Å². The van der Waals surface area contributed by atoms with Crippen molar-refractivity contribution in [1.29, 1.82) is 0 Å². The molecule has 3 aromatic carbocycles. The second-order valence-electron chi connectivity index (χ2n) is 10.1. The highest BCUT2D eigenvalue weighted by atomic mass is 32.1. The summed E-state index contributed by atoms with van der Waals surface area (Å²) >= 11 is 3.54. The number of halogens is 5. The van der Waals surface area contributed by atoms with Gasteiger partial charge in [-0.1, -0.05) is 43.5 Å². The molecule has 1 saturated carbocycles. The summed E-state index contributed by atoms with van der Waals surface area (Å²) in [6.45, 7) is 3.83. The Morgan fingerprint density at radius 3 is 2.20 bits per heavy atom. The summed E-state index contributed by atoms with van der Waals surface area (Å²) in [6, 6.07) is 13.2. The largest absolute Gasteiger partial charge is 0.416 e. The first-order valence-corrected chi connectivity index (χ1v) is 14.3. The van der Waals surface area contributed by atoms with Crippen LogP contribution in [0.15, 0.2) is 54.6 Å². The molecule has 1 aliphatic carbocycles. The molecule has 3 N–H and O–H groups in total. The molecule has 7 nitrogen and oxygen atoms in total. The van der Waals surface area contributed by atoms with Crippen molar-refractivity contribution in [1.82, 2.24) is 14.3 Å². The van der Waals surface area contributed by atoms with E-state index in [0.29, 0.717) is 29.9 Å². The highest BCUT2D eigenvalue weighted by Crippen LogP contribution is 2.38. The molecule has 2 unspecified atom stereocenters. The SMILES string of the molecule is C=O.CNS.CO.Cc1nc2cc(-c3ccc(C4CCCC(C(=O)Nc5ccc(C(F)(F)F)cc5F)C4)cc3)cc(F)c2n1C. The molecule has 0 aliphatic heterocycles. The molecular formula is C32H37F5N4O3S. The Hall–Kier alpha value is -3.81. The lowest BCUT2D eigenvalue weighted by Gasteiger charge is -2.29. The van der Waals surface area contributed by atoms with Crippen LogP contribution in [-0.4, -0.2) is 41.5 Å². The molecule has 5 rings (SSSR count). The number of rotatable bonds is 4. The molecule has 0 saturated heterocycles. The Kier molecular flexibility index (Phi) is 14.2. The number of alkyl halides is 3. The molecule has 4 aromatic rings. The molecule has 244 valence electrons. The van der Waals surface area contributed by atoms with Crippen molar-refractivity contribution in [3.05, 3.63) is 83.2 Å². The maximum Gasteiger partial charge on any atom is 0.416 e. The maximum atomic E-state index is 14.8. The van der Waals surface area contributed by atoms with Crippen molar-refractivity contribution in [2.45, 2.75) is 44.7 Å². The molecule has 0 radical (unpaired) electrons. The predicted molar refractivity (Wildman–Crippen MR) is 169 cm³/mol. The molecule has 2 atom stereocenters. The molecule has 1 aliphatic rings. The number of nitrogens with zero attached hydrogens (tertiary/aromatic N) is 2. The van der Waals surface area contributed by atoms with E-state index in [-0.39, 0.29) is 23.3 Å². The van der Waals surface area contributed by atoms with E-state index in [9.17, 15) is 26.7 Å². The van der Waals surface area contributed by atoms with Gasteiger partial charge in [0.05, 0.1) is 16.8 Å². The number of aryl methyl sites for hydroxylation is 2. The zero-order valence-corrected chi connectivity index (χ0v) is 26.3. The van der Waals surface area contributed by atoms with E-state index in [2.05, 4.69) is 27.8 Å². The minimum absolute atomic E-state index is 0.101. The van der Waals surface area contributed by atoms with Crippen LogP contribution < -0.4 is 10.0 Å². The van der Waals surface area contributed by atoms with E-state index in [4.69, 9.17) is 9.90 Å². The third kappa shape index (κ3) is 9.35. The number of imidazole rings is 1. The number of carbonyl (C=O) groups is 2. The first-order valence-electron chi connectivity index (χ1n) is 13.9. The van der Waals surface area contributed by atoms with Crippen LogP contribution in [0, 0.1) is 24.5 Å². The van der Waals surface area contributed by atoms with Crippen LogP contribution in [0.4, 0.5) is 27.6 Å². The third-order valence-electron chi connectivity index (χ3n) is 7.46. The summed E-state index contributed by atoms with van der Waals surface area (Å²) in [5, 5.41) is 9.46. The Labute approximate surface area is 264 Å². The molecular weight excluding hydrogens is 615 g/mol. The van der Waals surface area contributed by atoms with Gasteiger partial charge in [0.15, 0.2) is 0 Å². The van der Waals surface area contributed by atoms with Crippen molar-refractivity contribution in [3.8, 4) is 11.1 Å². The van der Waals surface area contributed by atoms with Gasteiger partial charge in [0.1, 0.15) is 29.8 Å². The second kappa shape index (κ2) is 17.0. The van der Waals surface area contributed by atoms with E-state index in [0.717, 1.165) is 54.6 Å². The molecule has 0 bridgehead atoms. The van der Waals surface area contributed by atoms with Crippen LogP contribution in [0.2, 0.25) is 0 Å². The smallest absolute Gasteiger partial charge is 0.400 e. The Morgan fingerprint density at radius 1 is 1.00 bits per heavy atom. The number of amides is 1. The zero-order chi connectivity index (χ0) is 33.9. The second-order valence-corrected chi connectivity index (χ2v) is 10.6. The van der Waals surface area contributed by atoms with Gasteiger partial charge in [0.2, 0.25) is 5.91 Å². The highest BCUT2D eigenvalue weighted by Gasteiger charge is 2.32. The number of aliphatic hydroxyl groups excluding tert-OH is 1. The Morgan fingerprint density at radius 2 is 1.62 bits per heavy atom. The predicted octanol–water partition coefficient (Wildman–Crippen LogP) is 7.23. The summed E-state index contributed by atoms with van der Waals surface area (Å²) in [7, 11) is 4.52. The summed E-state index contributed by atoms with van der Waals surface area (Å²) in [4.78, 5) is 25.3. The summed E-state index contributed by atoms with van der Waals surface area (Å²) < 4.78 is 71.6. The van der Waals surface area contributed by atoms with Gasteiger partial charge in [-0.25, -0.2) is 13.8 Å². The number of anilines is 1. The number of hydrogen-bond acceptors (Lipinski definition) is 6. The summed E-state index contributed by atoms with van der Waals surface area (Å²) in [6.07, 6.45) is -1.83. The molecule has 1 heterocycles. The number of fused-ring (bicyclic) bond motifs is 1. The topological polar surface area (TPSA) is 96.2 Å². The van der Waals surface area contributed by atoms with Crippen LogP contribution >= 0.6 is 12.8 Å². The normalized spacial score (nSPS) is 15.9. The first kappa shape index (κ1) is 37.4. The van der Waals surface area contributed by atoms with Crippen LogP contribution in [-0.2, 0) is 22.8 Å². The number of nitrogens with one attached hydrogen (secondary N) is 2. The van der Waals surface area contributed by atoms with E-state index in [1.54, 1.807) is 18.7 Å². The number of aliphatic hydroxyl groups is 1. The van der Waals surface area contributed by atoms with Crippen LogP contribution in [0.1, 0.15) is 48.6 Å². The molecule has 1 aromatic heterocycles. The van der Waals surface area contributed by atoms with Gasteiger partial charge in [-0.2, -0.15) is 13.2 Å². The van der Waals surface area contributed by atoms with E-state index in [1.807, 2.05) is 44.0 Å². The number of benzene rings is 3. The fourth-order valence-corrected chi connectivity index (χ4v) is 5.29. The van der Waals surface area contributed by atoms with Gasteiger partial charge >= 0.3 is 6.18 Å². The monoisotopic (exact) mass is 652 g/mol. The van der Waals surface area contributed by atoms with Gasteiger partial charge in [0.25, 0.3) is 0 Å². The Bertz CT molecular complexity index is 1560. The standard InChI is InChI=1S/C29H26F5N3O.CH5NS.CH4O.CH2O/c1-16-35-26-14-21(13-24(31)27(26)37(16)2)18-8-6-17(7-9-18)19-4-3-5-20(12-19)28(38)36-25-11-10-22(15-23(25)30)29(32,33)34;1-2-3;2*1-2/h6-11,13-15,19-20H,3-5,12H2,1-2H3,(H,36,38);2-3H,1H3;2H,1H3;1H2. The van der Waals surface area contributed by atoms with Crippen molar-refractivity contribution in [3.63, 3.8) is 0 Å². The fourth-order valence-electron chi connectivity index (χ4n) is 5.29.